The van der Waals surface area contributed by atoms with Gasteiger partial charge in [-0.05, 0) is 31.2 Å². The predicted molar refractivity (Wildman–Crippen MR) is 79.0 cm³/mol. The Morgan fingerprint density at radius 3 is 3.00 bits per heavy atom. The minimum Gasteiger partial charge on any atom is -0.385 e. The van der Waals surface area contributed by atoms with E-state index in [1.165, 1.54) is 42.0 Å². The summed E-state index contributed by atoms with van der Waals surface area (Å²) in [6.07, 6.45) is 5.36. The second kappa shape index (κ2) is 4.67. The van der Waals surface area contributed by atoms with Crippen LogP contribution in [0, 0.1) is 0 Å². The molecule has 2 aliphatic heterocycles. The van der Waals surface area contributed by atoms with E-state index in [9.17, 15) is 9.90 Å². The highest BCUT2D eigenvalue weighted by Crippen LogP contribution is 2.43. The molecule has 0 bridgehead atoms. The number of aliphatic hydroxyl groups is 1. The number of rotatable bonds is 0. The zero-order valence-corrected chi connectivity index (χ0v) is 12.2. The van der Waals surface area contributed by atoms with Crippen LogP contribution in [0.15, 0.2) is 4.99 Å². The summed E-state index contributed by atoms with van der Waals surface area (Å²) < 4.78 is 0. The van der Waals surface area contributed by atoms with Gasteiger partial charge in [-0.1, -0.05) is 6.42 Å². The highest BCUT2D eigenvalue weighted by atomic mass is 32.1. The Kier molecular flexibility index (Phi) is 2.93. The molecule has 1 atom stereocenters. The van der Waals surface area contributed by atoms with E-state index in [2.05, 4.69) is 4.90 Å². The molecule has 1 aromatic heterocycles. The lowest BCUT2D eigenvalue weighted by Crippen LogP contribution is -2.32. The molecule has 0 aromatic carbocycles. The van der Waals surface area contributed by atoms with Gasteiger partial charge in [0.15, 0.2) is 0 Å². The van der Waals surface area contributed by atoms with Crippen LogP contribution in [0.2, 0.25) is 0 Å². The molecule has 20 heavy (non-hydrogen) atoms. The van der Waals surface area contributed by atoms with Crippen LogP contribution in [0.25, 0.3) is 0 Å². The maximum Gasteiger partial charge on any atom is 0.201 e. The molecule has 5 heteroatoms. The molecule has 1 aliphatic carbocycles. The lowest BCUT2D eigenvalue weighted by molar-refractivity contribution is 0.0717. The molecular formula is C15H18N2O2S. The summed E-state index contributed by atoms with van der Waals surface area (Å²) in [7, 11) is 0. The molecule has 1 N–H and O–H groups in total. The van der Waals surface area contributed by atoms with Crippen molar-refractivity contribution in [2.24, 2.45) is 4.99 Å². The number of thiophene rings is 1. The van der Waals surface area contributed by atoms with Crippen molar-refractivity contribution in [2.75, 3.05) is 6.54 Å². The van der Waals surface area contributed by atoms with Crippen LogP contribution in [-0.4, -0.2) is 34.3 Å². The number of carbonyl (C=O) groups excluding carboxylic acids is 1. The zero-order valence-electron chi connectivity index (χ0n) is 11.4. The van der Waals surface area contributed by atoms with Gasteiger partial charge in [0, 0.05) is 25.1 Å². The van der Waals surface area contributed by atoms with Gasteiger partial charge in [-0.2, -0.15) is 0 Å². The van der Waals surface area contributed by atoms with Crippen molar-refractivity contribution < 1.29 is 9.90 Å². The standard InChI is InChI=1S/C15H18N2O2S/c18-11-6-5-9-10-8-17-7-3-1-2-4-12(17)16-15(10)20-14(9)13(11)19/h11,18H,1-8H2. The van der Waals surface area contributed by atoms with E-state index >= 15 is 0 Å². The van der Waals surface area contributed by atoms with Gasteiger partial charge in [0.25, 0.3) is 0 Å². The third-order valence-electron chi connectivity index (χ3n) is 4.56. The number of hydrogen-bond donors (Lipinski definition) is 1. The van der Waals surface area contributed by atoms with Gasteiger partial charge < -0.3 is 10.0 Å². The maximum absolute atomic E-state index is 12.1. The molecule has 3 heterocycles. The Labute approximate surface area is 122 Å². The number of carbonyl (C=O) groups is 1. The number of Topliss-reactive ketones (excluding diaryl/α,β-unsaturated/α-hetero) is 1. The summed E-state index contributed by atoms with van der Waals surface area (Å²) in [5, 5.41) is 10.8. The Balaban J connectivity index is 1.78. The second-order valence-electron chi connectivity index (χ2n) is 5.87. The quantitative estimate of drug-likeness (QED) is 0.799. The van der Waals surface area contributed by atoms with Gasteiger partial charge in [-0.25, -0.2) is 4.99 Å². The van der Waals surface area contributed by atoms with Gasteiger partial charge in [0.2, 0.25) is 5.78 Å². The number of aliphatic hydroxyl groups excluding tert-OH is 1. The van der Waals surface area contributed by atoms with E-state index in [0.29, 0.717) is 6.42 Å². The molecule has 1 unspecified atom stereocenters. The maximum atomic E-state index is 12.1. The average Bonchev–Trinajstić information content (AvgIpc) is 2.64. The first kappa shape index (κ1) is 12.5. The van der Waals surface area contributed by atoms with E-state index in [1.807, 2.05) is 0 Å². The van der Waals surface area contributed by atoms with Crippen molar-refractivity contribution in [1.29, 1.82) is 0 Å². The normalized spacial score (nSPS) is 25.4. The minimum absolute atomic E-state index is 0.0963. The van der Waals surface area contributed by atoms with Crippen LogP contribution in [0.3, 0.4) is 0 Å². The predicted octanol–water partition coefficient (Wildman–Crippen LogP) is 2.66. The topological polar surface area (TPSA) is 52.9 Å². The lowest BCUT2D eigenvalue weighted by atomic mass is 9.92. The molecule has 0 amide bonds. The highest BCUT2D eigenvalue weighted by molar-refractivity contribution is 7.18. The zero-order chi connectivity index (χ0) is 13.7. The van der Waals surface area contributed by atoms with Gasteiger partial charge in [0.05, 0.1) is 4.88 Å². The highest BCUT2D eigenvalue weighted by Gasteiger charge is 2.34. The number of ketones is 1. The van der Waals surface area contributed by atoms with Crippen molar-refractivity contribution in [1.82, 2.24) is 4.90 Å². The average molecular weight is 290 g/mol. The van der Waals surface area contributed by atoms with E-state index < -0.39 is 6.10 Å². The van der Waals surface area contributed by atoms with Crippen LogP contribution in [-0.2, 0) is 13.0 Å². The second-order valence-corrected chi connectivity index (χ2v) is 6.87. The largest absolute Gasteiger partial charge is 0.385 e. The fourth-order valence-corrected chi connectivity index (χ4v) is 4.66. The van der Waals surface area contributed by atoms with Crippen molar-refractivity contribution in [3.8, 4) is 0 Å². The Morgan fingerprint density at radius 1 is 1.20 bits per heavy atom. The molecule has 0 spiro atoms. The lowest BCUT2D eigenvalue weighted by Gasteiger charge is -2.28. The molecule has 4 rings (SSSR count). The van der Waals surface area contributed by atoms with Crippen LogP contribution >= 0.6 is 11.3 Å². The number of hydrogen-bond acceptors (Lipinski definition) is 5. The van der Waals surface area contributed by atoms with Crippen molar-refractivity contribution >= 4 is 28.0 Å². The summed E-state index contributed by atoms with van der Waals surface area (Å²) in [6.45, 7) is 1.99. The van der Waals surface area contributed by atoms with Crippen LogP contribution in [0.5, 0.6) is 0 Å². The molecule has 3 aliphatic rings. The molecule has 106 valence electrons. The first-order valence-electron chi connectivity index (χ1n) is 7.43. The van der Waals surface area contributed by atoms with E-state index in [0.717, 1.165) is 41.4 Å². The number of fused-ring (bicyclic) bond motifs is 4. The molecule has 1 aromatic rings. The van der Waals surface area contributed by atoms with E-state index in [-0.39, 0.29) is 5.78 Å². The molecule has 1 saturated heterocycles. The van der Waals surface area contributed by atoms with Gasteiger partial charge in [-0.3, -0.25) is 4.79 Å². The first-order valence-corrected chi connectivity index (χ1v) is 8.25. The smallest absolute Gasteiger partial charge is 0.201 e. The first-order chi connectivity index (χ1) is 9.74. The summed E-state index contributed by atoms with van der Waals surface area (Å²) in [6, 6.07) is 0. The monoisotopic (exact) mass is 290 g/mol. The third-order valence-corrected chi connectivity index (χ3v) is 5.75. The summed E-state index contributed by atoms with van der Waals surface area (Å²) in [5.41, 5.74) is 2.41. The van der Waals surface area contributed by atoms with Crippen LogP contribution in [0.1, 0.15) is 52.9 Å². The van der Waals surface area contributed by atoms with Gasteiger partial charge in [-0.15, -0.1) is 11.3 Å². The fraction of sp³-hybridized carbons (Fsp3) is 0.600. The van der Waals surface area contributed by atoms with E-state index in [1.54, 1.807) is 0 Å². The van der Waals surface area contributed by atoms with Crippen molar-refractivity contribution in [2.45, 2.75) is 51.2 Å². The number of aliphatic imine (C=N–C) groups is 1. The SMILES string of the molecule is O=C1c2sc3c(c2CCC1O)CN1CCCCCC1=N3. The summed E-state index contributed by atoms with van der Waals surface area (Å²) in [5.74, 6) is 1.10. The third kappa shape index (κ3) is 1.84. The van der Waals surface area contributed by atoms with Crippen molar-refractivity contribution in [3.63, 3.8) is 0 Å². The Hall–Kier alpha value is -1.20. The van der Waals surface area contributed by atoms with Crippen molar-refractivity contribution in [3.05, 3.63) is 16.0 Å². The minimum atomic E-state index is -0.805. The Morgan fingerprint density at radius 2 is 2.10 bits per heavy atom. The van der Waals surface area contributed by atoms with E-state index in [4.69, 9.17) is 4.99 Å². The van der Waals surface area contributed by atoms with Gasteiger partial charge in [0.1, 0.15) is 16.9 Å². The number of amidine groups is 1. The Bertz CT molecular complexity index is 605. The molecule has 0 saturated carbocycles. The molecular weight excluding hydrogens is 272 g/mol. The van der Waals surface area contributed by atoms with Crippen LogP contribution < -0.4 is 0 Å². The molecule has 1 fully saturated rings. The molecule has 4 nitrogen and oxygen atoms in total. The fourth-order valence-electron chi connectivity index (χ4n) is 3.42. The van der Waals surface area contributed by atoms with Crippen LogP contribution in [0.4, 0.5) is 5.00 Å². The summed E-state index contributed by atoms with van der Waals surface area (Å²) >= 11 is 1.49. The van der Waals surface area contributed by atoms with Gasteiger partial charge >= 0.3 is 0 Å². The number of nitrogens with zero attached hydrogens (tertiary/aromatic N) is 2. The summed E-state index contributed by atoms with van der Waals surface area (Å²) in [4.78, 5) is 20.1. The molecule has 0 radical (unpaired) electrons.